The summed E-state index contributed by atoms with van der Waals surface area (Å²) >= 11 is 5.98. The molecule has 156 valence electrons. The van der Waals surface area contributed by atoms with Crippen LogP contribution in [0, 0.1) is 5.92 Å². The third-order valence-electron chi connectivity index (χ3n) is 5.01. The Bertz CT molecular complexity index is 828. The first-order valence-corrected chi connectivity index (χ1v) is 10.1. The Morgan fingerprint density at radius 2 is 2.00 bits per heavy atom. The Kier molecular flexibility index (Phi) is 6.79. The maximum Gasteiger partial charge on any atom is 0.338 e. The van der Waals surface area contributed by atoms with Crippen molar-refractivity contribution in [3.63, 3.8) is 0 Å². The van der Waals surface area contributed by atoms with Gasteiger partial charge >= 0.3 is 11.9 Å². The Morgan fingerprint density at radius 1 is 1.28 bits per heavy atom. The average molecular weight is 422 g/mol. The van der Waals surface area contributed by atoms with Gasteiger partial charge in [-0.25, -0.2) is 4.79 Å². The van der Waals surface area contributed by atoms with Crippen molar-refractivity contribution in [1.29, 1.82) is 0 Å². The van der Waals surface area contributed by atoms with Crippen LogP contribution in [0.15, 0.2) is 23.8 Å². The van der Waals surface area contributed by atoms with Gasteiger partial charge in [0.2, 0.25) is 0 Å². The molecule has 1 aromatic carbocycles. The minimum absolute atomic E-state index is 0.0688. The van der Waals surface area contributed by atoms with Gasteiger partial charge in [0.05, 0.1) is 18.1 Å². The third-order valence-corrected chi connectivity index (χ3v) is 5.24. The number of carbonyl (C=O) groups is 3. The summed E-state index contributed by atoms with van der Waals surface area (Å²) in [6.07, 6.45) is 1.82. The summed E-state index contributed by atoms with van der Waals surface area (Å²) in [7, 11) is 0. The van der Waals surface area contributed by atoms with Crippen molar-refractivity contribution in [2.45, 2.75) is 32.8 Å². The van der Waals surface area contributed by atoms with Crippen LogP contribution in [0.5, 0.6) is 5.75 Å². The number of ether oxygens (including phenoxy) is 3. The van der Waals surface area contributed by atoms with Crippen molar-refractivity contribution >= 4 is 35.5 Å². The van der Waals surface area contributed by atoms with Crippen LogP contribution in [0.3, 0.4) is 0 Å². The molecule has 1 aromatic rings. The van der Waals surface area contributed by atoms with Crippen molar-refractivity contribution in [3.05, 3.63) is 34.4 Å². The number of halogens is 1. The molecule has 0 aliphatic carbocycles. The average Bonchev–Trinajstić information content (AvgIpc) is 2.72. The first kappa shape index (κ1) is 21.2. The van der Waals surface area contributed by atoms with E-state index in [-0.39, 0.29) is 24.4 Å². The number of hydrogen-bond acceptors (Lipinski definition) is 6. The number of nitrogens with zero attached hydrogens (tertiary/aromatic N) is 1. The van der Waals surface area contributed by atoms with Gasteiger partial charge in [-0.05, 0) is 51.0 Å². The maximum atomic E-state index is 12.6. The zero-order valence-corrected chi connectivity index (χ0v) is 17.2. The molecule has 0 radical (unpaired) electrons. The normalized spacial score (nSPS) is 17.5. The van der Waals surface area contributed by atoms with E-state index in [1.165, 1.54) is 0 Å². The molecule has 1 saturated heterocycles. The van der Waals surface area contributed by atoms with Crippen molar-refractivity contribution in [3.8, 4) is 5.75 Å². The summed E-state index contributed by atoms with van der Waals surface area (Å²) < 4.78 is 16.0. The Labute approximate surface area is 174 Å². The smallest absolute Gasteiger partial charge is 0.338 e. The summed E-state index contributed by atoms with van der Waals surface area (Å²) in [5.74, 6) is -0.643. The van der Waals surface area contributed by atoms with Gasteiger partial charge in [-0.2, -0.15) is 0 Å². The lowest BCUT2D eigenvalue weighted by molar-refractivity contribution is -0.158. The van der Waals surface area contributed by atoms with E-state index >= 15 is 0 Å². The fourth-order valence-corrected chi connectivity index (χ4v) is 3.59. The van der Waals surface area contributed by atoms with Crippen LogP contribution >= 0.6 is 11.6 Å². The summed E-state index contributed by atoms with van der Waals surface area (Å²) in [4.78, 5) is 38.5. The SMILES string of the molecule is CCOC(=O)C1CCN(C(=O)[C@@H](C)OC(=O)C2=Cc3cc(Cl)ccc3OC2)CC1. The van der Waals surface area contributed by atoms with Crippen LogP contribution in [-0.2, 0) is 23.9 Å². The van der Waals surface area contributed by atoms with Gasteiger partial charge in [-0.3, -0.25) is 9.59 Å². The quantitative estimate of drug-likeness (QED) is 0.680. The van der Waals surface area contributed by atoms with Gasteiger partial charge in [0.15, 0.2) is 6.10 Å². The molecule has 2 heterocycles. The number of likely N-dealkylation sites (tertiary alicyclic amines) is 1. The summed E-state index contributed by atoms with van der Waals surface area (Å²) in [5.41, 5.74) is 1.01. The second-order valence-corrected chi connectivity index (χ2v) is 7.48. The number of esters is 2. The van der Waals surface area contributed by atoms with E-state index in [9.17, 15) is 14.4 Å². The summed E-state index contributed by atoms with van der Waals surface area (Å²) in [6.45, 7) is 4.60. The van der Waals surface area contributed by atoms with Crippen molar-refractivity contribution < 1.29 is 28.6 Å². The van der Waals surface area contributed by atoms with Crippen LogP contribution < -0.4 is 4.74 Å². The van der Waals surface area contributed by atoms with Gasteiger partial charge in [0.1, 0.15) is 12.4 Å². The fraction of sp³-hybridized carbons (Fsp3) is 0.476. The number of benzene rings is 1. The molecule has 0 saturated carbocycles. The lowest BCUT2D eigenvalue weighted by Crippen LogP contribution is -2.45. The van der Waals surface area contributed by atoms with E-state index in [1.807, 2.05) is 0 Å². The summed E-state index contributed by atoms with van der Waals surface area (Å²) in [5, 5.41) is 0.535. The zero-order chi connectivity index (χ0) is 21.0. The highest BCUT2D eigenvalue weighted by atomic mass is 35.5. The molecule has 1 atom stereocenters. The molecular formula is C21H24ClNO6. The molecule has 2 aliphatic heterocycles. The minimum Gasteiger partial charge on any atom is -0.488 e. The van der Waals surface area contributed by atoms with Crippen molar-refractivity contribution in [2.75, 3.05) is 26.3 Å². The standard InChI is InChI=1S/C21H24ClNO6/c1-3-27-20(25)14-6-8-23(9-7-14)19(24)13(2)29-21(26)16-10-15-11-17(22)4-5-18(15)28-12-16/h4-5,10-11,13-14H,3,6-9,12H2,1-2H3/t13-/m1/s1. The van der Waals surface area contributed by atoms with Crippen LogP contribution in [0.2, 0.25) is 5.02 Å². The van der Waals surface area contributed by atoms with Crippen LogP contribution in [0.4, 0.5) is 0 Å². The van der Waals surface area contributed by atoms with Crippen LogP contribution in [0.1, 0.15) is 32.3 Å². The summed E-state index contributed by atoms with van der Waals surface area (Å²) in [6, 6.07) is 5.15. The van der Waals surface area contributed by atoms with Crippen molar-refractivity contribution in [2.24, 2.45) is 5.92 Å². The van der Waals surface area contributed by atoms with Crippen LogP contribution in [0.25, 0.3) is 6.08 Å². The van der Waals surface area contributed by atoms with Gasteiger partial charge in [-0.15, -0.1) is 0 Å². The molecule has 2 aliphatic rings. The Balaban J connectivity index is 1.55. The number of amides is 1. The molecular weight excluding hydrogens is 398 g/mol. The van der Waals surface area contributed by atoms with Gasteiger partial charge in [0.25, 0.3) is 5.91 Å². The first-order valence-electron chi connectivity index (χ1n) is 9.68. The number of carbonyl (C=O) groups excluding carboxylic acids is 3. The van der Waals surface area contributed by atoms with E-state index in [2.05, 4.69) is 0 Å². The molecule has 29 heavy (non-hydrogen) atoms. The van der Waals surface area contributed by atoms with Gasteiger partial charge in [-0.1, -0.05) is 11.6 Å². The molecule has 0 aromatic heterocycles. The number of piperidine rings is 1. The highest BCUT2D eigenvalue weighted by Gasteiger charge is 2.32. The largest absolute Gasteiger partial charge is 0.488 e. The fourth-order valence-electron chi connectivity index (χ4n) is 3.41. The topological polar surface area (TPSA) is 82.1 Å². The lowest BCUT2D eigenvalue weighted by atomic mass is 9.96. The van der Waals surface area contributed by atoms with Crippen LogP contribution in [-0.4, -0.2) is 55.2 Å². The van der Waals surface area contributed by atoms with E-state index in [0.29, 0.717) is 54.4 Å². The number of rotatable bonds is 5. The molecule has 3 rings (SSSR count). The first-order chi connectivity index (χ1) is 13.9. The molecule has 7 nitrogen and oxygen atoms in total. The zero-order valence-electron chi connectivity index (χ0n) is 16.5. The van der Waals surface area contributed by atoms with E-state index in [0.717, 1.165) is 0 Å². The molecule has 0 N–H and O–H groups in total. The predicted octanol–water partition coefficient (Wildman–Crippen LogP) is 2.85. The third kappa shape index (κ3) is 5.09. The second-order valence-electron chi connectivity index (χ2n) is 7.04. The molecule has 0 bridgehead atoms. The molecule has 1 amide bonds. The number of hydrogen-bond donors (Lipinski definition) is 0. The molecule has 0 unspecified atom stereocenters. The Morgan fingerprint density at radius 3 is 2.69 bits per heavy atom. The van der Waals surface area contributed by atoms with E-state index < -0.39 is 12.1 Å². The monoisotopic (exact) mass is 421 g/mol. The highest BCUT2D eigenvalue weighted by Crippen LogP contribution is 2.29. The minimum atomic E-state index is -0.927. The van der Waals surface area contributed by atoms with Gasteiger partial charge in [0, 0.05) is 23.7 Å². The molecule has 0 spiro atoms. The number of fused-ring (bicyclic) bond motifs is 1. The maximum absolute atomic E-state index is 12.6. The predicted molar refractivity (Wildman–Crippen MR) is 106 cm³/mol. The Hall–Kier alpha value is -2.54. The molecule has 1 fully saturated rings. The van der Waals surface area contributed by atoms with Gasteiger partial charge < -0.3 is 19.1 Å². The second kappa shape index (κ2) is 9.31. The van der Waals surface area contributed by atoms with E-state index in [4.69, 9.17) is 25.8 Å². The lowest BCUT2D eigenvalue weighted by Gasteiger charge is -2.32. The highest BCUT2D eigenvalue weighted by molar-refractivity contribution is 6.30. The van der Waals surface area contributed by atoms with Crippen molar-refractivity contribution in [1.82, 2.24) is 4.90 Å². The van der Waals surface area contributed by atoms with E-state index in [1.54, 1.807) is 43.0 Å². The molecule has 8 heteroatoms.